The van der Waals surface area contributed by atoms with Crippen LogP contribution >= 0.6 is 0 Å². The zero-order valence-electron chi connectivity index (χ0n) is 12.3. The number of anilines is 1. The van der Waals surface area contributed by atoms with Crippen LogP contribution in [-0.2, 0) is 6.42 Å². The van der Waals surface area contributed by atoms with E-state index in [2.05, 4.69) is 49.7 Å². The van der Waals surface area contributed by atoms with E-state index in [0.717, 1.165) is 18.6 Å². The maximum Gasteiger partial charge on any atom is 0.137 e. The van der Waals surface area contributed by atoms with Crippen molar-refractivity contribution in [2.75, 3.05) is 11.4 Å². The van der Waals surface area contributed by atoms with Crippen LogP contribution in [0.1, 0.15) is 39.8 Å². The number of aromatic amines is 1. The zero-order valence-corrected chi connectivity index (χ0v) is 12.3. The lowest BCUT2D eigenvalue weighted by Crippen LogP contribution is -2.43. The first-order chi connectivity index (χ1) is 8.95. The van der Waals surface area contributed by atoms with E-state index in [1.807, 2.05) is 6.20 Å². The quantitative estimate of drug-likeness (QED) is 0.779. The van der Waals surface area contributed by atoms with Gasteiger partial charge in [-0.1, -0.05) is 6.92 Å². The molecule has 102 valence electrons. The number of aromatic nitrogens is 2. The van der Waals surface area contributed by atoms with E-state index in [4.69, 9.17) is 4.98 Å². The van der Waals surface area contributed by atoms with Crippen molar-refractivity contribution in [2.45, 2.75) is 46.1 Å². The predicted octanol–water partition coefficient (Wildman–Crippen LogP) is 3.75. The van der Waals surface area contributed by atoms with E-state index in [1.54, 1.807) is 0 Å². The lowest BCUT2D eigenvalue weighted by atomic mass is 10.0. The van der Waals surface area contributed by atoms with Crippen molar-refractivity contribution in [3.05, 3.63) is 24.0 Å². The molecule has 1 aliphatic rings. The minimum atomic E-state index is 0.138. The van der Waals surface area contributed by atoms with Crippen molar-refractivity contribution in [2.24, 2.45) is 5.92 Å². The Kier molecular flexibility index (Phi) is 2.80. The van der Waals surface area contributed by atoms with Gasteiger partial charge in [0.2, 0.25) is 0 Å². The molecular formula is C16H23N3. The van der Waals surface area contributed by atoms with Gasteiger partial charge >= 0.3 is 0 Å². The number of H-pyrrole nitrogens is 1. The minimum Gasteiger partial charge on any atom is -0.365 e. The maximum atomic E-state index is 4.84. The molecule has 1 N–H and O–H groups in total. The first-order valence-electron chi connectivity index (χ1n) is 7.20. The number of fused-ring (bicyclic) bond motifs is 2. The molecule has 0 saturated carbocycles. The number of aryl methyl sites for hydroxylation is 1. The molecule has 0 radical (unpaired) electrons. The standard InChI is InChI=1S/C16H23N3/c1-11-5-6-13-14(19(10-11)16(2,3)4)9-12-7-8-17-15(12)18-13/h7-9,11H,5-6,10H2,1-4H3,(H,17,18). The van der Waals surface area contributed by atoms with E-state index in [1.165, 1.54) is 23.2 Å². The summed E-state index contributed by atoms with van der Waals surface area (Å²) in [4.78, 5) is 10.6. The van der Waals surface area contributed by atoms with E-state index in [-0.39, 0.29) is 5.54 Å². The largest absolute Gasteiger partial charge is 0.365 e. The molecule has 3 heterocycles. The molecule has 0 fully saturated rings. The number of hydrogen-bond acceptors (Lipinski definition) is 2. The number of pyridine rings is 1. The normalized spacial score (nSPS) is 20.4. The van der Waals surface area contributed by atoms with Crippen molar-refractivity contribution < 1.29 is 0 Å². The highest BCUT2D eigenvalue weighted by molar-refractivity contribution is 5.81. The molecule has 3 heteroatoms. The Morgan fingerprint density at radius 3 is 2.89 bits per heavy atom. The second kappa shape index (κ2) is 4.26. The third-order valence-corrected chi connectivity index (χ3v) is 4.06. The van der Waals surface area contributed by atoms with Gasteiger partial charge in [-0.3, -0.25) is 0 Å². The third-order valence-electron chi connectivity index (χ3n) is 4.06. The van der Waals surface area contributed by atoms with Gasteiger partial charge in [-0.05, 0) is 51.7 Å². The van der Waals surface area contributed by atoms with E-state index in [0.29, 0.717) is 5.92 Å². The summed E-state index contributed by atoms with van der Waals surface area (Å²) in [6, 6.07) is 4.41. The lowest BCUT2D eigenvalue weighted by molar-refractivity contribution is 0.446. The van der Waals surface area contributed by atoms with Gasteiger partial charge in [0.05, 0.1) is 11.4 Å². The van der Waals surface area contributed by atoms with Gasteiger partial charge in [-0.25, -0.2) is 4.98 Å². The summed E-state index contributed by atoms with van der Waals surface area (Å²) in [5.41, 5.74) is 3.72. The Balaban J connectivity index is 2.17. The van der Waals surface area contributed by atoms with E-state index < -0.39 is 0 Å². The summed E-state index contributed by atoms with van der Waals surface area (Å²) in [6.07, 6.45) is 4.28. The summed E-state index contributed by atoms with van der Waals surface area (Å²) in [5, 5.41) is 1.21. The molecule has 1 unspecified atom stereocenters. The maximum absolute atomic E-state index is 4.84. The summed E-state index contributed by atoms with van der Waals surface area (Å²) >= 11 is 0. The molecule has 2 aromatic heterocycles. The van der Waals surface area contributed by atoms with Crippen LogP contribution in [0.4, 0.5) is 5.69 Å². The highest BCUT2D eigenvalue weighted by atomic mass is 15.2. The van der Waals surface area contributed by atoms with Crippen molar-refractivity contribution in [1.29, 1.82) is 0 Å². The van der Waals surface area contributed by atoms with Crippen LogP contribution in [0.15, 0.2) is 18.3 Å². The Labute approximate surface area is 115 Å². The third kappa shape index (κ3) is 2.22. The number of nitrogens with one attached hydrogen (secondary N) is 1. The van der Waals surface area contributed by atoms with Crippen LogP contribution in [-0.4, -0.2) is 22.1 Å². The molecule has 0 spiro atoms. The van der Waals surface area contributed by atoms with Crippen molar-refractivity contribution in [1.82, 2.24) is 9.97 Å². The van der Waals surface area contributed by atoms with Gasteiger partial charge < -0.3 is 9.88 Å². The molecule has 0 amide bonds. The predicted molar refractivity (Wildman–Crippen MR) is 80.7 cm³/mol. The SMILES string of the molecule is CC1CCc2nc3[nH]ccc3cc2N(C(C)(C)C)C1. The molecule has 2 aromatic rings. The van der Waals surface area contributed by atoms with Gasteiger partial charge in [-0.2, -0.15) is 0 Å². The first-order valence-corrected chi connectivity index (χ1v) is 7.20. The highest BCUT2D eigenvalue weighted by Crippen LogP contribution is 2.34. The smallest absolute Gasteiger partial charge is 0.137 e. The first kappa shape index (κ1) is 12.5. The molecule has 0 saturated heterocycles. The molecule has 0 aliphatic carbocycles. The van der Waals surface area contributed by atoms with Gasteiger partial charge in [0.1, 0.15) is 5.65 Å². The van der Waals surface area contributed by atoms with Gasteiger partial charge in [-0.15, -0.1) is 0 Å². The van der Waals surface area contributed by atoms with Gasteiger partial charge in [0, 0.05) is 23.7 Å². The van der Waals surface area contributed by atoms with Crippen molar-refractivity contribution in [3.8, 4) is 0 Å². The van der Waals surface area contributed by atoms with Crippen LogP contribution in [0.2, 0.25) is 0 Å². The van der Waals surface area contributed by atoms with E-state index >= 15 is 0 Å². The monoisotopic (exact) mass is 257 g/mol. The van der Waals surface area contributed by atoms with Crippen LogP contribution in [0, 0.1) is 5.92 Å². The second-order valence-corrected chi connectivity index (χ2v) is 6.79. The Morgan fingerprint density at radius 1 is 1.37 bits per heavy atom. The molecule has 3 rings (SSSR count). The molecule has 0 bridgehead atoms. The minimum absolute atomic E-state index is 0.138. The fraction of sp³-hybridized carbons (Fsp3) is 0.562. The number of rotatable bonds is 0. The molecular weight excluding hydrogens is 234 g/mol. The van der Waals surface area contributed by atoms with E-state index in [9.17, 15) is 0 Å². The number of hydrogen-bond donors (Lipinski definition) is 1. The molecule has 0 aromatic carbocycles. The summed E-state index contributed by atoms with van der Waals surface area (Å²) in [7, 11) is 0. The Morgan fingerprint density at radius 2 is 2.16 bits per heavy atom. The average Bonchev–Trinajstić information content (AvgIpc) is 2.70. The molecule has 3 nitrogen and oxygen atoms in total. The van der Waals surface area contributed by atoms with Gasteiger partial charge in [0.15, 0.2) is 0 Å². The molecule has 1 atom stereocenters. The lowest BCUT2D eigenvalue weighted by Gasteiger charge is -2.38. The zero-order chi connectivity index (χ0) is 13.6. The van der Waals surface area contributed by atoms with Crippen LogP contribution in [0.25, 0.3) is 11.0 Å². The highest BCUT2D eigenvalue weighted by Gasteiger charge is 2.28. The van der Waals surface area contributed by atoms with Gasteiger partial charge in [0.25, 0.3) is 0 Å². The molecule has 19 heavy (non-hydrogen) atoms. The van der Waals surface area contributed by atoms with Crippen LogP contribution in [0.3, 0.4) is 0 Å². The topological polar surface area (TPSA) is 31.9 Å². The average molecular weight is 257 g/mol. The number of nitrogens with zero attached hydrogens (tertiary/aromatic N) is 2. The van der Waals surface area contributed by atoms with Crippen molar-refractivity contribution in [3.63, 3.8) is 0 Å². The summed E-state index contributed by atoms with van der Waals surface area (Å²) in [6.45, 7) is 10.3. The summed E-state index contributed by atoms with van der Waals surface area (Å²) in [5.74, 6) is 0.715. The van der Waals surface area contributed by atoms with Crippen LogP contribution in [0.5, 0.6) is 0 Å². The Bertz CT molecular complexity index is 592. The van der Waals surface area contributed by atoms with Crippen molar-refractivity contribution >= 4 is 16.7 Å². The molecule has 1 aliphatic heterocycles. The Hall–Kier alpha value is -1.51. The fourth-order valence-electron chi connectivity index (χ4n) is 2.95. The fourth-order valence-corrected chi connectivity index (χ4v) is 2.95. The van der Waals surface area contributed by atoms with Crippen LogP contribution < -0.4 is 4.90 Å². The summed E-state index contributed by atoms with van der Waals surface area (Å²) < 4.78 is 0. The second-order valence-electron chi connectivity index (χ2n) is 6.79.